The second-order valence-electron chi connectivity index (χ2n) is 4.73. The van der Waals surface area contributed by atoms with Gasteiger partial charge in [0.05, 0.1) is 13.7 Å². The second kappa shape index (κ2) is 7.43. The molecule has 0 heterocycles. The number of anilines is 1. The lowest BCUT2D eigenvalue weighted by Crippen LogP contribution is -2.00. The minimum Gasteiger partial charge on any atom is -0.504 e. The van der Waals surface area contributed by atoms with Gasteiger partial charge in [-0.25, -0.2) is 0 Å². The van der Waals surface area contributed by atoms with Crippen LogP contribution in [0.3, 0.4) is 0 Å². The summed E-state index contributed by atoms with van der Waals surface area (Å²) in [5, 5.41) is 12.9. The smallest absolute Gasteiger partial charge is 0.160 e. The summed E-state index contributed by atoms with van der Waals surface area (Å²) in [6, 6.07) is 13.2. The minimum absolute atomic E-state index is 0.152. The molecule has 0 saturated heterocycles. The van der Waals surface area contributed by atoms with Gasteiger partial charge in [-0.05, 0) is 48.4 Å². The van der Waals surface area contributed by atoms with E-state index >= 15 is 0 Å². The Kier molecular flexibility index (Phi) is 5.32. The molecule has 0 spiro atoms. The fourth-order valence-corrected chi connectivity index (χ4v) is 1.93. The van der Waals surface area contributed by atoms with Crippen LogP contribution in [0, 0.1) is 0 Å². The summed E-state index contributed by atoms with van der Waals surface area (Å²) in [6.45, 7) is 3.48. The highest BCUT2D eigenvalue weighted by Crippen LogP contribution is 2.26. The molecule has 4 heteroatoms. The summed E-state index contributed by atoms with van der Waals surface area (Å²) in [5.41, 5.74) is 2.06. The molecule has 2 N–H and O–H groups in total. The SMILES string of the molecule is CCCOc1ccc(NCc2ccc(O)c(OC)c2)cc1. The van der Waals surface area contributed by atoms with Gasteiger partial charge >= 0.3 is 0 Å². The number of ether oxygens (including phenoxy) is 2. The topological polar surface area (TPSA) is 50.7 Å². The number of phenols is 1. The monoisotopic (exact) mass is 287 g/mol. The standard InChI is InChI=1S/C17H21NO3/c1-3-10-21-15-7-5-14(6-8-15)18-12-13-4-9-16(19)17(11-13)20-2/h4-9,11,18-19H,3,10,12H2,1-2H3. The van der Waals surface area contributed by atoms with E-state index < -0.39 is 0 Å². The minimum atomic E-state index is 0.152. The van der Waals surface area contributed by atoms with Crippen LogP contribution in [-0.4, -0.2) is 18.8 Å². The number of hydrogen-bond acceptors (Lipinski definition) is 4. The van der Waals surface area contributed by atoms with Crippen molar-refractivity contribution in [2.45, 2.75) is 19.9 Å². The zero-order chi connectivity index (χ0) is 15.1. The molecule has 112 valence electrons. The van der Waals surface area contributed by atoms with Crippen LogP contribution < -0.4 is 14.8 Å². The fraction of sp³-hybridized carbons (Fsp3) is 0.294. The molecule has 0 aromatic heterocycles. The van der Waals surface area contributed by atoms with Gasteiger partial charge in [0.1, 0.15) is 5.75 Å². The maximum atomic E-state index is 9.56. The molecule has 0 atom stereocenters. The number of phenolic OH excluding ortho intramolecular Hbond substituents is 1. The van der Waals surface area contributed by atoms with Crippen molar-refractivity contribution in [1.82, 2.24) is 0 Å². The van der Waals surface area contributed by atoms with E-state index in [-0.39, 0.29) is 5.75 Å². The Morgan fingerprint density at radius 2 is 1.86 bits per heavy atom. The summed E-state index contributed by atoms with van der Waals surface area (Å²) in [4.78, 5) is 0. The first-order valence-corrected chi connectivity index (χ1v) is 7.05. The predicted molar refractivity (Wildman–Crippen MR) is 84.2 cm³/mol. The van der Waals surface area contributed by atoms with Crippen molar-refractivity contribution in [3.8, 4) is 17.2 Å². The lowest BCUT2D eigenvalue weighted by Gasteiger charge is -2.10. The van der Waals surface area contributed by atoms with Crippen LogP contribution in [0.15, 0.2) is 42.5 Å². The third-order valence-electron chi connectivity index (χ3n) is 3.07. The summed E-state index contributed by atoms with van der Waals surface area (Å²) < 4.78 is 10.6. The third kappa shape index (κ3) is 4.31. The number of benzene rings is 2. The molecular weight excluding hydrogens is 266 g/mol. The number of methoxy groups -OCH3 is 1. The number of nitrogens with one attached hydrogen (secondary N) is 1. The summed E-state index contributed by atoms with van der Waals surface area (Å²) >= 11 is 0. The summed E-state index contributed by atoms with van der Waals surface area (Å²) in [5.74, 6) is 1.52. The van der Waals surface area contributed by atoms with Gasteiger partial charge in [-0.2, -0.15) is 0 Å². The molecule has 0 unspecified atom stereocenters. The average Bonchev–Trinajstić information content (AvgIpc) is 2.53. The van der Waals surface area contributed by atoms with E-state index in [1.54, 1.807) is 13.2 Å². The van der Waals surface area contributed by atoms with Crippen molar-refractivity contribution in [2.24, 2.45) is 0 Å². The first kappa shape index (κ1) is 15.0. The second-order valence-corrected chi connectivity index (χ2v) is 4.73. The molecule has 0 aliphatic heterocycles. The van der Waals surface area contributed by atoms with Gasteiger partial charge in [0.2, 0.25) is 0 Å². The third-order valence-corrected chi connectivity index (χ3v) is 3.07. The highest BCUT2D eigenvalue weighted by atomic mass is 16.5. The van der Waals surface area contributed by atoms with E-state index in [0.717, 1.165) is 30.0 Å². The molecule has 4 nitrogen and oxygen atoms in total. The maximum absolute atomic E-state index is 9.56. The Labute approximate surface area is 125 Å². The molecular formula is C17H21NO3. The zero-order valence-corrected chi connectivity index (χ0v) is 12.4. The number of aromatic hydroxyl groups is 1. The Hall–Kier alpha value is -2.36. The van der Waals surface area contributed by atoms with Crippen molar-refractivity contribution < 1.29 is 14.6 Å². The van der Waals surface area contributed by atoms with Gasteiger partial charge in [-0.1, -0.05) is 13.0 Å². The molecule has 0 amide bonds. The summed E-state index contributed by atoms with van der Waals surface area (Å²) in [7, 11) is 1.54. The normalized spacial score (nSPS) is 10.2. The molecule has 0 saturated carbocycles. The van der Waals surface area contributed by atoms with Crippen molar-refractivity contribution in [3.05, 3.63) is 48.0 Å². The number of rotatable bonds is 7. The van der Waals surface area contributed by atoms with Gasteiger partial charge in [0.25, 0.3) is 0 Å². The van der Waals surface area contributed by atoms with E-state index in [9.17, 15) is 5.11 Å². The molecule has 0 aliphatic carbocycles. The average molecular weight is 287 g/mol. The van der Waals surface area contributed by atoms with E-state index in [0.29, 0.717) is 12.3 Å². The van der Waals surface area contributed by atoms with Crippen LogP contribution in [0.1, 0.15) is 18.9 Å². The lowest BCUT2D eigenvalue weighted by atomic mass is 10.2. The van der Waals surface area contributed by atoms with Crippen molar-refractivity contribution >= 4 is 5.69 Å². The van der Waals surface area contributed by atoms with Crippen LogP contribution in [-0.2, 0) is 6.54 Å². The first-order valence-electron chi connectivity index (χ1n) is 7.05. The van der Waals surface area contributed by atoms with Crippen molar-refractivity contribution in [2.75, 3.05) is 19.0 Å². The fourth-order valence-electron chi connectivity index (χ4n) is 1.93. The molecule has 2 aromatic carbocycles. The molecule has 0 aliphatic rings. The van der Waals surface area contributed by atoms with Crippen LogP contribution in [0.5, 0.6) is 17.2 Å². The van der Waals surface area contributed by atoms with Crippen LogP contribution in [0.4, 0.5) is 5.69 Å². The van der Waals surface area contributed by atoms with E-state index in [1.807, 2.05) is 36.4 Å². The summed E-state index contributed by atoms with van der Waals surface area (Å²) in [6.07, 6.45) is 1.00. The molecule has 21 heavy (non-hydrogen) atoms. The predicted octanol–water partition coefficient (Wildman–Crippen LogP) is 3.80. The van der Waals surface area contributed by atoms with E-state index in [2.05, 4.69) is 12.2 Å². The quantitative estimate of drug-likeness (QED) is 0.813. The molecule has 2 rings (SSSR count). The lowest BCUT2D eigenvalue weighted by molar-refractivity contribution is 0.317. The first-order chi connectivity index (χ1) is 10.2. The van der Waals surface area contributed by atoms with Gasteiger partial charge in [0.15, 0.2) is 11.5 Å². The Morgan fingerprint density at radius 3 is 2.52 bits per heavy atom. The number of hydrogen-bond donors (Lipinski definition) is 2. The van der Waals surface area contributed by atoms with Crippen molar-refractivity contribution in [1.29, 1.82) is 0 Å². The molecule has 2 aromatic rings. The Bertz CT molecular complexity index is 567. The maximum Gasteiger partial charge on any atom is 0.160 e. The zero-order valence-electron chi connectivity index (χ0n) is 12.4. The highest BCUT2D eigenvalue weighted by molar-refractivity contribution is 5.48. The Balaban J connectivity index is 1.93. The van der Waals surface area contributed by atoms with Gasteiger partial charge in [-0.3, -0.25) is 0 Å². The van der Waals surface area contributed by atoms with E-state index in [1.165, 1.54) is 0 Å². The van der Waals surface area contributed by atoms with Crippen molar-refractivity contribution in [3.63, 3.8) is 0 Å². The Morgan fingerprint density at radius 1 is 1.10 bits per heavy atom. The largest absolute Gasteiger partial charge is 0.504 e. The molecule has 0 fully saturated rings. The highest BCUT2D eigenvalue weighted by Gasteiger charge is 2.02. The van der Waals surface area contributed by atoms with Gasteiger partial charge < -0.3 is 19.9 Å². The van der Waals surface area contributed by atoms with E-state index in [4.69, 9.17) is 9.47 Å². The molecule has 0 radical (unpaired) electrons. The van der Waals surface area contributed by atoms with Crippen LogP contribution >= 0.6 is 0 Å². The van der Waals surface area contributed by atoms with Crippen LogP contribution in [0.25, 0.3) is 0 Å². The van der Waals surface area contributed by atoms with Gasteiger partial charge in [0, 0.05) is 12.2 Å². The van der Waals surface area contributed by atoms with Gasteiger partial charge in [-0.15, -0.1) is 0 Å². The van der Waals surface area contributed by atoms with Crippen LogP contribution in [0.2, 0.25) is 0 Å². The molecule has 0 bridgehead atoms.